The van der Waals surface area contributed by atoms with Crippen LogP contribution < -0.4 is 10.1 Å². The van der Waals surface area contributed by atoms with E-state index in [0.717, 1.165) is 11.3 Å². The SMILES string of the molecule is CNC(=O)[C@H](CO)N=Cc1cccc(OC)c1. The van der Waals surface area contributed by atoms with Crippen molar-refractivity contribution in [2.45, 2.75) is 6.04 Å². The molecular weight excluding hydrogens is 220 g/mol. The molecule has 0 bridgehead atoms. The highest BCUT2D eigenvalue weighted by Gasteiger charge is 2.12. The maximum atomic E-state index is 11.3. The number of aliphatic hydroxyl groups is 1. The van der Waals surface area contributed by atoms with Crippen molar-refractivity contribution in [2.24, 2.45) is 4.99 Å². The van der Waals surface area contributed by atoms with Gasteiger partial charge < -0.3 is 15.2 Å². The van der Waals surface area contributed by atoms with E-state index in [0.29, 0.717) is 0 Å². The Bertz CT molecular complexity index is 404. The van der Waals surface area contributed by atoms with E-state index in [1.54, 1.807) is 19.4 Å². The van der Waals surface area contributed by atoms with E-state index in [4.69, 9.17) is 9.84 Å². The van der Waals surface area contributed by atoms with Crippen molar-refractivity contribution in [3.05, 3.63) is 29.8 Å². The third-order valence-electron chi connectivity index (χ3n) is 2.22. The third-order valence-corrected chi connectivity index (χ3v) is 2.22. The fourth-order valence-electron chi connectivity index (χ4n) is 1.26. The summed E-state index contributed by atoms with van der Waals surface area (Å²) in [5.74, 6) is 0.404. The van der Waals surface area contributed by atoms with Crippen LogP contribution in [0.1, 0.15) is 5.56 Å². The molecule has 1 aromatic carbocycles. The molecule has 0 aromatic heterocycles. The quantitative estimate of drug-likeness (QED) is 0.718. The molecule has 17 heavy (non-hydrogen) atoms. The largest absolute Gasteiger partial charge is 0.497 e. The summed E-state index contributed by atoms with van der Waals surface area (Å²) in [5.41, 5.74) is 0.812. The zero-order chi connectivity index (χ0) is 12.7. The maximum absolute atomic E-state index is 11.3. The number of nitrogens with zero attached hydrogens (tertiary/aromatic N) is 1. The fraction of sp³-hybridized carbons (Fsp3) is 0.333. The second kappa shape index (κ2) is 6.65. The molecule has 0 fully saturated rings. The summed E-state index contributed by atoms with van der Waals surface area (Å²) in [6, 6.07) is 6.51. The predicted octanol–water partition coefficient (Wildman–Crippen LogP) is 0.221. The topological polar surface area (TPSA) is 70.9 Å². The monoisotopic (exact) mass is 236 g/mol. The van der Waals surface area contributed by atoms with Crippen LogP contribution in [0.3, 0.4) is 0 Å². The molecule has 0 radical (unpaired) electrons. The number of methoxy groups -OCH3 is 1. The standard InChI is InChI=1S/C12H16N2O3/c1-13-12(16)11(8-15)14-7-9-4-3-5-10(6-9)17-2/h3-7,11,15H,8H2,1-2H3,(H,13,16)/t11-/m0/s1. The minimum absolute atomic E-state index is 0.313. The summed E-state index contributed by atoms with van der Waals surface area (Å²) in [7, 11) is 3.09. The van der Waals surface area contributed by atoms with E-state index in [2.05, 4.69) is 10.3 Å². The first kappa shape index (κ1) is 13.2. The van der Waals surface area contributed by atoms with Gasteiger partial charge in [-0.2, -0.15) is 0 Å². The second-order valence-corrected chi connectivity index (χ2v) is 3.37. The summed E-state index contributed by atoms with van der Waals surface area (Å²) in [4.78, 5) is 15.3. The van der Waals surface area contributed by atoms with Crippen molar-refractivity contribution in [2.75, 3.05) is 20.8 Å². The Morgan fingerprint density at radius 2 is 2.41 bits per heavy atom. The lowest BCUT2D eigenvalue weighted by Gasteiger charge is -2.06. The molecule has 5 nitrogen and oxygen atoms in total. The number of rotatable bonds is 5. The Morgan fingerprint density at radius 3 is 3.00 bits per heavy atom. The fourth-order valence-corrected chi connectivity index (χ4v) is 1.26. The molecule has 0 aliphatic carbocycles. The summed E-state index contributed by atoms with van der Waals surface area (Å²) in [6.07, 6.45) is 1.54. The summed E-state index contributed by atoms with van der Waals surface area (Å²) in [5, 5.41) is 11.4. The van der Waals surface area contributed by atoms with Crippen LogP contribution in [0, 0.1) is 0 Å². The summed E-state index contributed by atoms with van der Waals surface area (Å²) in [6.45, 7) is -0.319. The lowest BCUT2D eigenvalue weighted by Crippen LogP contribution is -2.33. The van der Waals surface area contributed by atoms with Crippen molar-refractivity contribution in [1.29, 1.82) is 0 Å². The minimum atomic E-state index is -0.772. The smallest absolute Gasteiger partial charge is 0.246 e. The highest BCUT2D eigenvalue weighted by atomic mass is 16.5. The number of aliphatic hydroxyl groups excluding tert-OH is 1. The number of nitrogens with one attached hydrogen (secondary N) is 1. The van der Waals surface area contributed by atoms with Gasteiger partial charge in [0.1, 0.15) is 5.75 Å². The Morgan fingerprint density at radius 1 is 1.65 bits per heavy atom. The Kier molecular flexibility index (Phi) is 5.16. The van der Waals surface area contributed by atoms with E-state index < -0.39 is 6.04 Å². The normalized spacial score (nSPS) is 12.4. The van der Waals surface area contributed by atoms with Crippen LogP contribution in [-0.4, -0.2) is 44.0 Å². The molecule has 0 saturated heterocycles. The number of carbonyl (C=O) groups is 1. The number of carbonyl (C=O) groups excluding carboxylic acids is 1. The van der Waals surface area contributed by atoms with Gasteiger partial charge >= 0.3 is 0 Å². The predicted molar refractivity (Wildman–Crippen MR) is 65.5 cm³/mol. The molecule has 0 spiro atoms. The van der Waals surface area contributed by atoms with Gasteiger partial charge in [-0.05, 0) is 17.7 Å². The van der Waals surface area contributed by atoms with Crippen molar-refractivity contribution in [3.63, 3.8) is 0 Å². The van der Waals surface area contributed by atoms with Crippen molar-refractivity contribution < 1.29 is 14.6 Å². The van der Waals surface area contributed by atoms with E-state index in [-0.39, 0.29) is 12.5 Å². The zero-order valence-electron chi connectivity index (χ0n) is 9.88. The first-order valence-corrected chi connectivity index (χ1v) is 5.21. The van der Waals surface area contributed by atoms with Crippen LogP contribution in [0.2, 0.25) is 0 Å². The van der Waals surface area contributed by atoms with Crippen LogP contribution in [-0.2, 0) is 4.79 Å². The zero-order valence-corrected chi connectivity index (χ0v) is 9.88. The highest BCUT2D eigenvalue weighted by molar-refractivity contribution is 5.86. The number of hydrogen-bond acceptors (Lipinski definition) is 4. The van der Waals surface area contributed by atoms with Crippen LogP contribution in [0.25, 0.3) is 0 Å². The average molecular weight is 236 g/mol. The molecule has 0 heterocycles. The van der Waals surface area contributed by atoms with Crippen LogP contribution in [0.15, 0.2) is 29.3 Å². The molecule has 1 atom stereocenters. The van der Waals surface area contributed by atoms with Gasteiger partial charge in [-0.1, -0.05) is 12.1 Å². The van der Waals surface area contributed by atoms with Crippen molar-refractivity contribution >= 4 is 12.1 Å². The Balaban J connectivity index is 2.77. The maximum Gasteiger partial charge on any atom is 0.246 e. The highest BCUT2D eigenvalue weighted by Crippen LogP contribution is 2.10. The van der Waals surface area contributed by atoms with Gasteiger partial charge in [0, 0.05) is 13.3 Å². The lowest BCUT2D eigenvalue weighted by atomic mass is 10.2. The molecule has 5 heteroatoms. The molecular formula is C12H16N2O3. The molecule has 2 N–H and O–H groups in total. The Hall–Kier alpha value is -1.88. The second-order valence-electron chi connectivity index (χ2n) is 3.37. The summed E-state index contributed by atoms with van der Waals surface area (Å²) >= 11 is 0. The molecule has 1 rings (SSSR count). The number of ether oxygens (including phenoxy) is 1. The molecule has 0 unspecified atom stereocenters. The molecule has 1 aromatic rings. The molecule has 0 aliphatic heterocycles. The first-order chi connectivity index (χ1) is 8.21. The van der Waals surface area contributed by atoms with Gasteiger partial charge in [-0.15, -0.1) is 0 Å². The number of likely N-dealkylation sites (N-methyl/N-ethyl adjacent to an activating group) is 1. The van der Waals surface area contributed by atoms with E-state index in [9.17, 15) is 4.79 Å². The van der Waals surface area contributed by atoms with Gasteiger partial charge in [0.25, 0.3) is 0 Å². The molecule has 0 saturated carbocycles. The van der Waals surface area contributed by atoms with Crippen LogP contribution >= 0.6 is 0 Å². The van der Waals surface area contributed by atoms with Crippen LogP contribution in [0.5, 0.6) is 5.75 Å². The number of amides is 1. The van der Waals surface area contributed by atoms with Gasteiger partial charge in [0.2, 0.25) is 5.91 Å². The average Bonchev–Trinajstić information content (AvgIpc) is 2.39. The minimum Gasteiger partial charge on any atom is -0.497 e. The van der Waals surface area contributed by atoms with Crippen LogP contribution in [0.4, 0.5) is 0 Å². The molecule has 0 aliphatic rings. The van der Waals surface area contributed by atoms with Gasteiger partial charge in [-0.25, -0.2) is 0 Å². The van der Waals surface area contributed by atoms with E-state index >= 15 is 0 Å². The number of hydrogen-bond donors (Lipinski definition) is 2. The number of aliphatic imine (C=N–C) groups is 1. The third kappa shape index (κ3) is 3.88. The molecule has 92 valence electrons. The van der Waals surface area contributed by atoms with Crippen molar-refractivity contribution in [3.8, 4) is 5.75 Å². The van der Waals surface area contributed by atoms with Gasteiger partial charge in [-0.3, -0.25) is 9.79 Å². The van der Waals surface area contributed by atoms with Crippen molar-refractivity contribution in [1.82, 2.24) is 5.32 Å². The Labute approximate surface area is 100 Å². The van der Waals surface area contributed by atoms with Gasteiger partial charge in [0.15, 0.2) is 6.04 Å². The lowest BCUT2D eigenvalue weighted by molar-refractivity contribution is -0.122. The van der Waals surface area contributed by atoms with Gasteiger partial charge in [0.05, 0.1) is 13.7 Å². The van der Waals surface area contributed by atoms with E-state index in [1.807, 2.05) is 18.2 Å². The van der Waals surface area contributed by atoms with E-state index in [1.165, 1.54) is 7.05 Å². The first-order valence-electron chi connectivity index (χ1n) is 5.21. The molecule has 1 amide bonds. The number of benzene rings is 1. The summed E-state index contributed by atoms with van der Waals surface area (Å²) < 4.78 is 5.07.